The summed E-state index contributed by atoms with van der Waals surface area (Å²) < 4.78 is 1.88. The van der Waals surface area contributed by atoms with Crippen LogP contribution in [-0.4, -0.2) is 43.6 Å². The van der Waals surface area contributed by atoms with Crippen molar-refractivity contribution >= 4 is 11.7 Å². The Morgan fingerprint density at radius 3 is 2.64 bits per heavy atom. The molecule has 0 unspecified atom stereocenters. The zero-order chi connectivity index (χ0) is 22.9. The van der Waals surface area contributed by atoms with E-state index >= 15 is 0 Å². The summed E-state index contributed by atoms with van der Waals surface area (Å²) in [7, 11) is 1.97. The van der Waals surface area contributed by atoms with Crippen molar-refractivity contribution < 1.29 is 4.79 Å². The van der Waals surface area contributed by atoms with Gasteiger partial charge in [0.15, 0.2) is 0 Å². The highest BCUT2D eigenvalue weighted by Crippen LogP contribution is 2.35. The molecule has 0 bridgehead atoms. The number of carbonyl (C=O) groups excluding carboxylic acids is 1. The number of carbonyl (C=O) groups is 1. The van der Waals surface area contributed by atoms with Gasteiger partial charge in [0.2, 0.25) is 5.91 Å². The molecule has 2 aliphatic heterocycles. The van der Waals surface area contributed by atoms with Gasteiger partial charge in [-0.1, -0.05) is 30.3 Å². The lowest BCUT2D eigenvalue weighted by atomic mass is 10.0. The van der Waals surface area contributed by atoms with E-state index in [1.54, 1.807) is 0 Å². The fraction of sp³-hybridized carbons (Fsp3) is 0.462. The van der Waals surface area contributed by atoms with Crippen LogP contribution in [0.15, 0.2) is 36.5 Å². The first kappa shape index (κ1) is 21.8. The molecular formula is C26H32N6O. The van der Waals surface area contributed by atoms with Gasteiger partial charge in [-0.3, -0.25) is 19.3 Å². The Balaban J connectivity index is 1.42. The molecule has 0 saturated carbocycles. The maximum Gasteiger partial charge on any atom is 0.228 e. The molecular weight excluding hydrogens is 412 g/mol. The number of rotatable bonds is 6. The van der Waals surface area contributed by atoms with Crippen molar-refractivity contribution in [1.82, 2.24) is 24.6 Å². The van der Waals surface area contributed by atoms with Crippen molar-refractivity contribution in [1.29, 1.82) is 0 Å². The predicted molar refractivity (Wildman–Crippen MR) is 128 cm³/mol. The summed E-state index contributed by atoms with van der Waals surface area (Å²) in [4.78, 5) is 27.3. The second-order valence-electron chi connectivity index (χ2n) is 9.29. The van der Waals surface area contributed by atoms with Crippen LogP contribution in [0, 0.1) is 13.8 Å². The summed E-state index contributed by atoms with van der Waals surface area (Å²) in [5, 5.41) is 4.50. The third kappa shape index (κ3) is 4.42. The maximum absolute atomic E-state index is 12.9. The molecule has 1 amide bonds. The Hall–Kier alpha value is -3.06. The topological polar surface area (TPSA) is 67.2 Å². The highest BCUT2D eigenvalue weighted by atomic mass is 16.2. The first-order valence-electron chi connectivity index (χ1n) is 11.9. The third-order valence-corrected chi connectivity index (χ3v) is 6.97. The lowest BCUT2D eigenvalue weighted by Crippen LogP contribution is -2.38. The molecule has 2 aliphatic rings. The quantitative estimate of drug-likeness (QED) is 0.580. The number of fused-ring (bicyclic) bond motifs is 1. The molecule has 1 aromatic carbocycles. The first-order chi connectivity index (χ1) is 16.0. The number of amides is 1. The molecule has 172 valence electrons. The SMILES string of the molecule is Cc1nn(C)cc1CN1CCC[C@@H]1c1nc(C)c2c(n1)N(CCc1ccccc1)C(=O)CC2. The molecule has 33 heavy (non-hydrogen) atoms. The molecule has 7 heteroatoms. The van der Waals surface area contributed by atoms with E-state index in [4.69, 9.17) is 9.97 Å². The average molecular weight is 445 g/mol. The summed E-state index contributed by atoms with van der Waals surface area (Å²) in [6.07, 6.45) is 6.34. The monoisotopic (exact) mass is 444 g/mol. The van der Waals surface area contributed by atoms with E-state index in [-0.39, 0.29) is 11.9 Å². The lowest BCUT2D eigenvalue weighted by molar-refractivity contribution is -0.118. The summed E-state index contributed by atoms with van der Waals surface area (Å²) >= 11 is 0. The number of benzene rings is 1. The van der Waals surface area contributed by atoms with Gasteiger partial charge in [-0.25, -0.2) is 9.97 Å². The van der Waals surface area contributed by atoms with Crippen LogP contribution in [0.3, 0.4) is 0 Å². The van der Waals surface area contributed by atoms with Crippen molar-refractivity contribution in [2.45, 2.75) is 58.5 Å². The largest absolute Gasteiger partial charge is 0.296 e. The molecule has 0 aliphatic carbocycles. The number of likely N-dealkylation sites (tertiary alicyclic amines) is 1. The molecule has 5 rings (SSSR count). The molecule has 2 aromatic heterocycles. The Kier molecular flexibility index (Phi) is 5.98. The van der Waals surface area contributed by atoms with Gasteiger partial charge in [0.1, 0.15) is 11.6 Å². The molecule has 4 heterocycles. The smallest absolute Gasteiger partial charge is 0.228 e. The summed E-state index contributed by atoms with van der Waals surface area (Å²) in [5.41, 5.74) is 5.69. The standard InChI is InChI=1S/C26H32N6O/c1-18-21(16-30(3)29-18)17-31-14-7-10-23(31)25-27-19(2)22-11-12-24(33)32(26(22)28-25)15-13-20-8-5-4-6-9-20/h4-6,8-9,16,23H,7,10-15,17H2,1-3H3/t23-/m1/s1. The number of aryl methyl sites for hydroxylation is 3. The second kappa shape index (κ2) is 9.06. The van der Waals surface area contributed by atoms with Gasteiger partial charge in [-0.15, -0.1) is 0 Å². The van der Waals surface area contributed by atoms with Crippen molar-refractivity contribution in [3.63, 3.8) is 0 Å². The van der Waals surface area contributed by atoms with Crippen LogP contribution in [0.1, 0.15) is 59.2 Å². The zero-order valence-corrected chi connectivity index (χ0v) is 19.8. The normalized spacial score (nSPS) is 18.7. The van der Waals surface area contributed by atoms with Crippen LogP contribution in [0.25, 0.3) is 0 Å². The maximum atomic E-state index is 12.9. The second-order valence-corrected chi connectivity index (χ2v) is 9.29. The molecule has 3 aromatic rings. The number of hydrogen-bond acceptors (Lipinski definition) is 5. The molecule has 7 nitrogen and oxygen atoms in total. The van der Waals surface area contributed by atoms with Gasteiger partial charge in [-0.2, -0.15) is 5.10 Å². The highest BCUT2D eigenvalue weighted by molar-refractivity contribution is 5.95. The van der Waals surface area contributed by atoms with Crippen molar-refractivity contribution in [3.8, 4) is 0 Å². The van der Waals surface area contributed by atoms with Crippen LogP contribution in [0.2, 0.25) is 0 Å². The van der Waals surface area contributed by atoms with E-state index in [0.29, 0.717) is 13.0 Å². The molecule has 0 N–H and O–H groups in total. The minimum Gasteiger partial charge on any atom is -0.296 e. The van der Waals surface area contributed by atoms with Crippen LogP contribution in [-0.2, 0) is 31.2 Å². The van der Waals surface area contributed by atoms with E-state index in [1.165, 1.54) is 11.1 Å². The average Bonchev–Trinajstić information content (AvgIpc) is 3.39. The fourth-order valence-electron chi connectivity index (χ4n) is 5.20. The third-order valence-electron chi connectivity index (χ3n) is 6.97. The minimum atomic E-state index is 0.164. The Morgan fingerprint density at radius 2 is 1.88 bits per heavy atom. The van der Waals surface area contributed by atoms with E-state index in [0.717, 1.165) is 67.4 Å². The molecule has 0 radical (unpaired) electrons. The van der Waals surface area contributed by atoms with Crippen LogP contribution < -0.4 is 4.90 Å². The van der Waals surface area contributed by atoms with E-state index < -0.39 is 0 Å². The first-order valence-corrected chi connectivity index (χ1v) is 11.9. The molecule has 1 atom stereocenters. The molecule has 1 fully saturated rings. The van der Waals surface area contributed by atoms with Gasteiger partial charge in [-0.05, 0) is 51.6 Å². The van der Waals surface area contributed by atoms with Crippen LogP contribution in [0.5, 0.6) is 0 Å². The van der Waals surface area contributed by atoms with Gasteiger partial charge >= 0.3 is 0 Å². The van der Waals surface area contributed by atoms with Crippen LogP contribution in [0.4, 0.5) is 5.82 Å². The Morgan fingerprint density at radius 1 is 1.06 bits per heavy atom. The molecule has 1 saturated heterocycles. The number of hydrogen-bond donors (Lipinski definition) is 0. The van der Waals surface area contributed by atoms with Gasteiger partial charge in [0.25, 0.3) is 0 Å². The summed E-state index contributed by atoms with van der Waals surface area (Å²) in [6.45, 7) is 6.65. The van der Waals surface area contributed by atoms with Crippen molar-refractivity contribution in [2.75, 3.05) is 18.0 Å². The Bertz CT molecular complexity index is 1160. The van der Waals surface area contributed by atoms with Gasteiger partial charge in [0, 0.05) is 49.6 Å². The van der Waals surface area contributed by atoms with E-state index in [1.807, 2.05) is 34.8 Å². The summed E-state index contributed by atoms with van der Waals surface area (Å²) in [5.74, 6) is 1.84. The number of aromatic nitrogens is 4. The van der Waals surface area contributed by atoms with Gasteiger partial charge in [0.05, 0.1) is 11.7 Å². The van der Waals surface area contributed by atoms with Crippen molar-refractivity contribution in [3.05, 3.63) is 70.4 Å². The number of anilines is 1. The fourth-order valence-corrected chi connectivity index (χ4v) is 5.20. The van der Waals surface area contributed by atoms with E-state index in [9.17, 15) is 4.79 Å². The predicted octanol–water partition coefficient (Wildman–Crippen LogP) is 3.69. The minimum absolute atomic E-state index is 0.164. The molecule has 0 spiro atoms. The Labute approximate surface area is 195 Å². The summed E-state index contributed by atoms with van der Waals surface area (Å²) in [6, 6.07) is 10.5. The van der Waals surface area contributed by atoms with Crippen molar-refractivity contribution in [2.24, 2.45) is 7.05 Å². The lowest BCUT2D eigenvalue weighted by Gasteiger charge is -2.31. The highest BCUT2D eigenvalue weighted by Gasteiger charge is 2.33. The van der Waals surface area contributed by atoms with Crippen LogP contribution >= 0.6 is 0 Å². The number of nitrogens with zero attached hydrogens (tertiary/aromatic N) is 6. The van der Waals surface area contributed by atoms with E-state index in [2.05, 4.69) is 42.2 Å². The zero-order valence-electron chi connectivity index (χ0n) is 19.8. The van der Waals surface area contributed by atoms with Gasteiger partial charge < -0.3 is 0 Å².